The first-order valence-electron chi connectivity index (χ1n) is 8.24. The summed E-state index contributed by atoms with van der Waals surface area (Å²) in [7, 11) is 3.56. The summed E-state index contributed by atoms with van der Waals surface area (Å²) in [5.74, 6) is 2.92. The molecule has 3 rings (SSSR count). The zero-order valence-electron chi connectivity index (χ0n) is 15.1. The first kappa shape index (κ1) is 19.9. The number of nitrogens with zero attached hydrogens (tertiary/aromatic N) is 3. The first-order valence-corrected chi connectivity index (χ1v) is 9.99. The molecule has 0 bridgehead atoms. The van der Waals surface area contributed by atoms with Crippen molar-refractivity contribution < 1.29 is 9.47 Å². The Hall–Kier alpha value is -1.89. The van der Waals surface area contributed by atoms with Crippen molar-refractivity contribution >= 4 is 35.0 Å². The molecule has 2 aromatic carbocycles. The van der Waals surface area contributed by atoms with E-state index in [2.05, 4.69) is 10.2 Å². The molecule has 0 aliphatic carbocycles. The maximum Gasteiger partial charge on any atom is 0.191 e. The number of hydrogen-bond acceptors (Lipinski definition) is 5. The minimum Gasteiger partial charge on any atom is -0.497 e. The lowest BCUT2D eigenvalue weighted by molar-refractivity contribution is 0.210. The number of rotatable bonds is 7. The number of benzene rings is 2. The van der Waals surface area contributed by atoms with E-state index in [1.54, 1.807) is 24.9 Å². The van der Waals surface area contributed by atoms with Gasteiger partial charge < -0.3 is 14.0 Å². The summed E-state index contributed by atoms with van der Waals surface area (Å²) in [6, 6.07) is 13.1. The first-order chi connectivity index (χ1) is 13.0. The zero-order chi connectivity index (χ0) is 19.4. The van der Waals surface area contributed by atoms with Crippen molar-refractivity contribution in [2.45, 2.75) is 23.9 Å². The normalized spacial score (nSPS) is 12.0. The second kappa shape index (κ2) is 8.87. The van der Waals surface area contributed by atoms with Crippen LogP contribution in [0.1, 0.15) is 24.4 Å². The minimum absolute atomic E-state index is 0.256. The van der Waals surface area contributed by atoms with Gasteiger partial charge in [-0.3, -0.25) is 0 Å². The molecule has 8 heteroatoms. The molecule has 1 atom stereocenters. The van der Waals surface area contributed by atoms with Crippen molar-refractivity contribution in [3.63, 3.8) is 0 Å². The van der Waals surface area contributed by atoms with E-state index < -0.39 is 0 Å². The molecule has 0 aliphatic rings. The second-order valence-electron chi connectivity index (χ2n) is 5.88. The third kappa shape index (κ3) is 4.89. The third-order valence-electron chi connectivity index (χ3n) is 3.94. The number of thioether (sulfide) groups is 1. The van der Waals surface area contributed by atoms with Crippen LogP contribution >= 0.6 is 35.0 Å². The van der Waals surface area contributed by atoms with Gasteiger partial charge >= 0.3 is 0 Å². The summed E-state index contributed by atoms with van der Waals surface area (Å²) in [5.41, 5.74) is 1.07. The van der Waals surface area contributed by atoms with E-state index >= 15 is 0 Å². The van der Waals surface area contributed by atoms with Crippen LogP contribution in [0.4, 0.5) is 0 Å². The van der Waals surface area contributed by atoms with Crippen LogP contribution in [0.5, 0.6) is 11.5 Å². The average Bonchev–Trinajstić information content (AvgIpc) is 3.03. The predicted molar refractivity (Wildman–Crippen MR) is 109 cm³/mol. The van der Waals surface area contributed by atoms with E-state index in [4.69, 9.17) is 32.7 Å². The molecule has 142 valence electrons. The van der Waals surface area contributed by atoms with Crippen LogP contribution in [0.25, 0.3) is 0 Å². The molecule has 3 aromatic rings. The van der Waals surface area contributed by atoms with Gasteiger partial charge in [0.05, 0.1) is 17.2 Å². The Labute approximate surface area is 172 Å². The number of halogens is 2. The summed E-state index contributed by atoms with van der Waals surface area (Å²) < 4.78 is 13.1. The SMILES string of the molecule is COc1cccc(OC(C)c2nnc(SCc3ccc(Cl)c(Cl)c3)n2C)c1. The van der Waals surface area contributed by atoms with Gasteiger partial charge in [-0.05, 0) is 36.8 Å². The van der Waals surface area contributed by atoms with Gasteiger partial charge in [0.15, 0.2) is 17.1 Å². The monoisotopic (exact) mass is 423 g/mol. The fourth-order valence-electron chi connectivity index (χ4n) is 2.51. The van der Waals surface area contributed by atoms with Crippen LogP contribution in [0.15, 0.2) is 47.6 Å². The van der Waals surface area contributed by atoms with Crippen molar-refractivity contribution in [1.29, 1.82) is 0 Å². The van der Waals surface area contributed by atoms with E-state index in [9.17, 15) is 0 Å². The molecule has 0 aliphatic heterocycles. The molecule has 1 aromatic heterocycles. The lowest BCUT2D eigenvalue weighted by atomic mass is 10.2. The molecular weight excluding hydrogens is 405 g/mol. The fourth-order valence-corrected chi connectivity index (χ4v) is 3.70. The van der Waals surface area contributed by atoms with Gasteiger partial charge in [-0.2, -0.15) is 0 Å². The Morgan fingerprint density at radius 3 is 2.59 bits per heavy atom. The largest absolute Gasteiger partial charge is 0.497 e. The predicted octanol–water partition coefficient (Wildman–Crippen LogP) is 5.56. The number of methoxy groups -OCH3 is 1. The van der Waals surface area contributed by atoms with Crippen molar-refractivity contribution in [2.24, 2.45) is 7.05 Å². The van der Waals surface area contributed by atoms with E-state index in [0.717, 1.165) is 28.0 Å². The molecule has 0 saturated carbocycles. The van der Waals surface area contributed by atoms with Crippen molar-refractivity contribution in [3.8, 4) is 11.5 Å². The highest BCUT2D eigenvalue weighted by Crippen LogP contribution is 2.29. The zero-order valence-corrected chi connectivity index (χ0v) is 17.5. The van der Waals surface area contributed by atoms with Crippen LogP contribution in [0.3, 0.4) is 0 Å². The molecule has 5 nitrogen and oxygen atoms in total. The molecule has 0 spiro atoms. The maximum atomic E-state index is 6.07. The van der Waals surface area contributed by atoms with Crippen LogP contribution < -0.4 is 9.47 Å². The summed E-state index contributed by atoms with van der Waals surface area (Å²) in [6.07, 6.45) is -0.256. The Morgan fingerprint density at radius 1 is 1.07 bits per heavy atom. The summed E-state index contributed by atoms with van der Waals surface area (Å²) in [6.45, 7) is 1.94. The van der Waals surface area contributed by atoms with Gasteiger partial charge in [0.1, 0.15) is 11.5 Å². The highest BCUT2D eigenvalue weighted by Gasteiger charge is 2.17. The van der Waals surface area contributed by atoms with E-state index in [-0.39, 0.29) is 6.10 Å². The van der Waals surface area contributed by atoms with Crippen molar-refractivity contribution in [1.82, 2.24) is 14.8 Å². The third-order valence-corrected chi connectivity index (χ3v) is 5.77. The standard InChI is InChI=1S/C19H19Cl2N3O2S/c1-12(26-15-6-4-5-14(10-15)25-3)18-22-23-19(24(18)2)27-11-13-7-8-16(20)17(21)9-13/h4-10,12H,11H2,1-3H3. The smallest absolute Gasteiger partial charge is 0.191 e. The van der Waals surface area contributed by atoms with E-state index in [0.29, 0.717) is 15.8 Å². The number of ether oxygens (including phenoxy) is 2. The average molecular weight is 424 g/mol. The van der Waals surface area contributed by atoms with Crippen LogP contribution in [0, 0.1) is 0 Å². The second-order valence-corrected chi connectivity index (χ2v) is 7.63. The number of aromatic nitrogens is 3. The summed E-state index contributed by atoms with van der Waals surface area (Å²) in [5, 5.41) is 10.5. The highest BCUT2D eigenvalue weighted by atomic mass is 35.5. The van der Waals surface area contributed by atoms with E-state index in [1.165, 1.54) is 0 Å². The molecule has 0 saturated heterocycles. The van der Waals surface area contributed by atoms with Crippen LogP contribution in [-0.4, -0.2) is 21.9 Å². The molecule has 27 heavy (non-hydrogen) atoms. The lowest BCUT2D eigenvalue weighted by Crippen LogP contribution is -2.10. The van der Waals surface area contributed by atoms with Gasteiger partial charge in [-0.1, -0.05) is 47.1 Å². The highest BCUT2D eigenvalue weighted by molar-refractivity contribution is 7.98. The minimum atomic E-state index is -0.256. The molecule has 1 unspecified atom stereocenters. The lowest BCUT2D eigenvalue weighted by Gasteiger charge is -2.14. The van der Waals surface area contributed by atoms with Gasteiger partial charge in [0.2, 0.25) is 0 Å². The Balaban J connectivity index is 1.67. The summed E-state index contributed by atoms with van der Waals surface area (Å²) in [4.78, 5) is 0. The van der Waals surface area contributed by atoms with Gasteiger partial charge in [-0.25, -0.2) is 0 Å². The number of hydrogen-bond donors (Lipinski definition) is 0. The fraction of sp³-hybridized carbons (Fsp3) is 0.263. The Kier molecular flexibility index (Phi) is 6.52. The van der Waals surface area contributed by atoms with Crippen LogP contribution in [0.2, 0.25) is 10.0 Å². The van der Waals surface area contributed by atoms with Gasteiger partial charge in [-0.15, -0.1) is 10.2 Å². The Bertz CT molecular complexity index is 933. The molecule has 0 radical (unpaired) electrons. The molecule has 0 fully saturated rings. The van der Waals surface area contributed by atoms with Gasteiger partial charge in [0.25, 0.3) is 0 Å². The van der Waals surface area contributed by atoms with Crippen LogP contribution in [-0.2, 0) is 12.8 Å². The Morgan fingerprint density at radius 2 is 1.85 bits per heavy atom. The topological polar surface area (TPSA) is 49.2 Å². The molecule has 1 heterocycles. The molecular formula is C19H19Cl2N3O2S. The molecule has 0 N–H and O–H groups in total. The molecule has 0 amide bonds. The van der Waals surface area contributed by atoms with Crippen molar-refractivity contribution in [2.75, 3.05) is 7.11 Å². The quantitative estimate of drug-likeness (QED) is 0.465. The van der Waals surface area contributed by atoms with Gasteiger partial charge in [0, 0.05) is 18.9 Å². The maximum absolute atomic E-state index is 6.07. The van der Waals surface area contributed by atoms with Crippen molar-refractivity contribution in [3.05, 3.63) is 63.9 Å². The van der Waals surface area contributed by atoms with E-state index in [1.807, 2.05) is 54.9 Å². The summed E-state index contributed by atoms with van der Waals surface area (Å²) >= 11 is 13.6.